The van der Waals surface area contributed by atoms with Gasteiger partial charge in [-0.15, -0.1) is 0 Å². The molecule has 0 fully saturated rings. The number of hydrogen-bond donors (Lipinski definition) is 3. The largest absolute Gasteiger partial charge is 0.458 e. The molecule has 0 aromatic heterocycles. The van der Waals surface area contributed by atoms with Crippen LogP contribution in [0.3, 0.4) is 0 Å². The molecule has 0 aliphatic rings. The summed E-state index contributed by atoms with van der Waals surface area (Å²) in [4.78, 5) is 10.5. The second-order valence-corrected chi connectivity index (χ2v) is 2.34. The maximum absolute atomic E-state index is 10.5. The van der Waals surface area contributed by atoms with Crippen LogP contribution in [0.15, 0.2) is 0 Å². The topological polar surface area (TPSA) is 87.0 Å². The minimum absolute atomic E-state index is 0.396. The Hall–Kier alpha value is -0.650. The molecule has 0 aromatic carbocycles. The Labute approximate surface area is 70.6 Å². The maximum Gasteiger partial charge on any atom is 0.332 e. The molecule has 2 atom stereocenters. The van der Waals surface area contributed by atoms with Gasteiger partial charge in [0.1, 0.15) is 18.8 Å². The average Bonchev–Trinajstić information content (AvgIpc) is 2.12. The lowest BCUT2D eigenvalue weighted by Crippen LogP contribution is -2.34. The fraction of sp³-hybridized carbons (Fsp3) is 0.857. The van der Waals surface area contributed by atoms with Crippen molar-refractivity contribution in [3.05, 3.63) is 0 Å². The first-order valence-corrected chi connectivity index (χ1v) is 3.75. The van der Waals surface area contributed by atoms with Crippen LogP contribution >= 0.6 is 0 Å². The van der Waals surface area contributed by atoms with Gasteiger partial charge in [0.15, 0.2) is 0 Å². The molecule has 0 spiro atoms. The molecular formula is C7H14O5. The Morgan fingerprint density at radius 1 is 1.50 bits per heavy atom. The molecule has 12 heavy (non-hydrogen) atoms. The van der Waals surface area contributed by atoms with Crippen LogP contribution in [-0.2, 0) is 9.53 Å². The van der Waals surface area contributed by atoms with Crippen molar-refractivity contribution in [2.45, 2.75) is 25.6 Å². The predicted molar refractivity (Wildman–Crippen MR) is 40.3 cm³/mol. The Kier molecular flexibility index (Phi) is 5.61. The fourth-order valence-electron chi connectivity index (χ4n) is 0.758. The van der Waals surface area contributed by atoms with Gasteiger partial charge in [-0.05, 0) is 6.42 Å². The molecule has 0 radical (unpaired) electrons. The first-order valence-electron chi connectivity index (χ1n) is 3.75. The summed E-state index contributed by atoms with van der Waals surface area (Å²) in [7, 11) is 0. The van der Waals surface area contributed by atoms with E-state index >= 15 is 0 Å². The first-order chi connectivity index (χ1) is 5.65. The van der Waals surface area contributed by atoms with Crippen LogP contribution in [0.5, 0.6) is 0 Å². The van der Waals surface area contributed by atoms with E-state index in [1.54, 1.807) is 6.92 Å². The van der Waals surface area contributed by atoms with Gasteiger partial charge in [-0.25, -0.2) is 4.79 Å². The zero-order valence-corrected chi connectivity index (χ0v) is 6.93. The number of aliphatic hydroxyl groups excluding tert-OH is 3. The zero-order valence-electron chi connectivity index (χ0n) is 6.93. The van der Waals surface area contributed by atoms with Crippen LogP contribution < -0.4 is 0 Å². The summed E-state index contributed by atoms with van der Waals surface area (Å²) in [5.74, 6) is -0.797. The highest BCUT2D eigenvalue weighted by Gasteiger charge is 2.20. The van der Waals surface area contributed by atoms with Gasteiger partial charge in [-0.2, -0.15) is 0 Å². The van der Waals surface area contributed by atoms with Crippen molar-refractivity contribution in [3.8, 4) is 0 Å². The number of carbonyl (C=O) groups is 1. The van der Waals surface area contributed by atoms with Crippen LogP contribution in [0, 0.1) is 0 Å². The summed E-state index contributed by atoms with van der Waals surface area (Å²) in [6.07, 6.45) is -1.42. The highest BCUT2D eigenvalue weighted by atomic mass is 16.6. The smallest absolute Gasteiger partial charge is 0.332 e. The third-order valence-corrected chi connectivity index (χ3v) is 1.43. The van der Waals surface area contributed by atoms with E-state index in [2.05, 4.69) is 4.74 Å². The molecule has 3 N–H and O–H groups in total. The summed E-state index contributed by atoms with van der Waals surface area (Å²) in [5.41, 5.74) is 0. The summed E-state index contributed by atoms with van der Waals surface area (Å²) in [5, 5.41) is 25.9. The van der Waals surface area contributed by atoms with Gasteiger partial charge in [-0.1, -0.05) is 6.92 Å². The molecule has 0 rings (SSSR count). The third kappa shape index (κ3) is 3.66. The molecule has 0 aromatic rings. The van der Waals surface area contributed by atoms with Gasteiger partial charge >= 0.3 is 5.97 Å². The highest BCUT2D eigenvalue weighted by Crippen LogP contribution is 2.03. The highest BCUT2D eigenvalue weighted by molar-refractivity contribution is 5.70. The van der Waals surface area contributed by atoms with Crippen molar-refractivity contribution in [1.82, 2.24) is 0 Å². The second-order valence-electron chi connectivity index (χ2n) is 2.34. The Morgan fingerprint density at radius 2 is 2.08 bits per heavy atom. The molecule has 2 unspecified atom stereocenters. The van der Waals surface area contributed by atoms with Crippen LogP contribution in [0.1, 0.15) is 13.3 Å². The summed E-state index contributed by atoms with van der Waals surface area (Å²) in [6.45, 7) is 0.528. The van der Waals surface area contributed by atoms with Crippen LogP contribution in [0.4, 0.5) is 0 Å². The molecule has 5 nitrogen and oxygen atoms in total. The number of hydrogen-bond acceptors (Lipinski definition) is 5. The van der Waals surface area contributed by atoms with Crippen molar-refractivity contribution in [2.24, 2.45) is 0 Å². The van der Waals surface area contributed by atoms with E-state index in [4.69, 9.17) is 15.3 Å². The lowest BCUT2D eigenvalue weighted by atomic mass is 10.1. The maximum atomic E-state index is 10.5. The van der Waals surface area contributed by atoms with E-state index in [0.29, 0.717) is 6.42 Å². The van der Waals surface area contributed by atoms with E-state index in [-0.39, 0.29) is 0 Å². The van der Waals surface area contributed by atoms with E-state index in [9.17, 15) is 4.79 Å². The van der Waals surface area contributed by atoms with E-state index in [0.717, 1.165) is 0 Å². The zero-order chi connectivity index (χ0) is 9.56. The monoisotopic (exact) mass is 178 g/mol. The standard InChI is InChI=1S/C7H14O5/c1-2-6(5(10)3-8)12-7(11)4-9/h5-6,8-10H,2-4H2,1H3. The van der Waals surface area contributed by atoms with Crippen LogP contribution in [0.2, 0.25) is 0 Å². The molecule has 5 heteroatoms. The molecule has 0 bridgehead atoms. The quantitative estimate of drug-likeness (QED) is 0.453. The number of carbonyl (C=O) groups excluding carboxylic acids is 1. The van der Waals surface area contributed by atoms with Gasteiger partial charge in [-0.3, -0.25) is 0 Å². The molecule has 0 aliphatic heterocycles. The van der Waals surface area contributed by atoms with Crippen molar-refractivity contribution in [1.29, 1.82) is 0 Å². The average molecular weight is 178 g/mol. The summed E-state index contributed by atoms with van der Waals surface area (Å²) in [6, 6.07) is 0. The van der Waals surface area contributed by atoms with Crippen LogP contribution in [0.25, 0.3) is 0 Å². The van der Waals surface area contributed by atoms with Gasteiger partial charge in [0.05, 0.1) is 6.61 Å². The third-order valence-electron chi connectivity index (χ3n) is 1.43. The van der Waals surface area contributed by atoms with Gasteiger partial charge in [0, 0.05) is 0 Å². The first kappa shape index (κ1) is 11.4. The minimum Gasteiger partial charge on any atom is -0.458 e. The van der Waals surface area contributed by atoms with Crippen molar-refractivity contribution in [2.75, 3.05) is 13.2 Å². The lowest BCUT2D eigenvalue weighted by molar-refractivity contribution is -0.159. The second kappa shape index (κ2) is 5.93. The lowest BCUT2D eigenvalue weighted by Gasteiger charge is -2.19. The van der Waals surface area contributed by atoms with Crippen molar-refractivity contribution < 1.29 is 24.9 Å². The summed E-state index contributed by atoms with van der Waals surface area (Å²) >= 11 is 0. The van der Waals surface area contributed by atoms with E-state index in [1.807, 2.05) is 0 Å². The molecule has 0 amide bonds. The number of ether oxygens (including phenoxy) is 1. The Morgan fingerprint density at radius 3 is 2.42 bits per heavy atom. The van der Waals surface area contributed by atoms with Crippen LogP contribution in [-0.4, -0.2) is 46.7 Å². The SMILES string of the molecule is CCC(OC(=O)CO)C(O)CO. The molecule has 0 aliphatic carbocycles. The normalized spacial score (nSPS) is 15.3. The van der Waals surface area contributed by atoms with Crippen molar-refractivity contribution >= 4 is 5.97 Å². The molecule has 0 saturated heterocycles. The van der Waals surface area contributed by atoms with E-state index in [1.165, 1.54) is 0 Å². The molecule has 72 valence electrons. The summed E-state index contributed by atoms with van der Waals surface area (Å²) < 4.78 is 4.60. The number of esters is 1. The number of rotatable bonds is 5. The van der Waals surface area contributed by atoms with E-state index < -0.39 is 31.4 Å². The van der Waals surface area contributed by atoms with Crippen molar-refractivity contribution in [3.63, 3.8) is 0 Å². The molecule has 0 heterocycles. The van der Waals surface area contributed by atoms with Gasteiger partial charge < -0.3 is 20.1 Å². The molecule has 0 saturated carbocycles. The fourth-order valence-corrected chi connectivity index (χ4v) is 0.758. The Bertz CT molecular complexity index is 136. The van der Waals surface area contributed by atoms with Gasteiger partial charge in [0.25, 0.3) is 0 Å². The Balaban J connectivity index is 3.90. The minimum atomic E-state index is -1.08. The predicted octanol–water partition coefficient (Wildman–Crippen LogP) is -1.35. The number of aliphatic hydroxyl groups is 3. The van der Waals surface area contributed by atoms with Gasteiger partial charge in [0.2, 0.25) is 0 Å². The molecular weight excluding hydrogens is 164 g/mol.